The summed E-state index contributed by atoms with van der Waals surface area (Å²) in [5.74, 6) is -0.405. The van der Waals surface area contributed by atoms with Crippen LogP contribution in [0.4, 0.5) is 0 Å². The van der Waals surface area contributed by atoms with Crippen LogP contribution in [0.2, 0.25) is 0 Å². The minimum absolute atomic E-state index is 0.178. The van der Waals surface area contributed by atoms with Crippen molar-refractivity contribution in [2.24, 2.45) is 0 Å². The second-order valence-corrected chi connectivity index (χ2v) is 7.43. The van der Waals surface area contributed by atoms with Crippen molar-refractivity contribution in [1.82, 2.24) is 4.57 Å². The fraction of sp³-hybridized carbons (Fsp3) is 0.0556. The molecule has 0 saturated carbocycles. The number of hydrogen-bond donors (Lipinski definition) is 0. The third-order valence-electron chi connectivity index (χ3n) is 4.08. The first-order chi connectivity index (χ1) is 11.1. The summed E-state index contributed by atoms with van der Waals surface area (Å²) in [5.41, 5.74) is 1.38. The van der Waals surface area contributed by atoms with Crippen LogP contribution in [0.3, 0.4) is 0 Å². The van der Waals surface area contributed by atoms with Crippen LogP contribution in [0.1, 0.15) is 21.3 Å². The Bertz CT molecular complexity index is 1000. The molecule has 1 aromatic heterocycles. The van der Waals surface area contributed by atoms with Gasteiger partial charge in [-0.15, -0.1) is 0 Å². The van der Waals surface area contributed by atoms with Gasteiger partial charge in [0.2, 0.25) is 5.78 Å². The van der Waals surface area contributed by atoms with Crippen molar-refractivity contribution in [3.8, 4) is 5.69 Å². The Labute approximate surface area is 133 Å². The summed E-state index contributed by atoms with van der Waals surface area (Å²) in [6.45, 7) is 0. The van der Waals surface area contributed by atoms with Crippen LogP contribution in [0.5, 0.6) is 0 Å². The van der Waals surface area contributed by atoms with Gasteiger partial charge in [0.05, 0.1) is 16.3 Å². The van der Waals surface area contributed by atoms with Crippen LogP contribution in [0.15, 0.2) is 77.8 Å². The lowest BCUT2D eigenvalue weighted by atomic mass is 10.1. The van der Waals surface area contributed by atoms with E-state index in [1.807, 2.05) is 0 Å². The molecule has 1 aliphatic heterocycles. The second-order valence-electron chi connectivity index (χ2n) is 5.43. The van der Waals surface area contributed by atoms with Crippen molar-refractivity contribution in [2.45, 2.75) is 10.1 Å². The van der Waals surface area contributed by atoms with Gasteiger partial charge in [0, 0.05) is 6.20 Å². The van der Waals surface area contributed by atoms with Gasteiger partial charge in [0.1, 0.15) is 0 Å². The Morgan fingerprint density at radius 1 is 0.826 bits per heavy atom. The molecule has 4 rings (SSSR count). The molecule has 0 bridgehead atoms. The number of nitrogens with zero attached hydrogens (tertiary/aromatic N) is 1. The smallest absolute Gasteiger partial charge is 0.202 e. The molecule has 0 fully saturated rings. The van der Waals surface area contributed by atoms with E-state index in [-0.39, 0.29) is 4.90 Å². The van der Waals surface area contributed by atoms with E-state index >= 15 is 0 Å². The molecule has 2 heterocycles. The molecule has 5 heteroatoms. The molecule has 3 aromatic rings. The molecule has 23 heavy (non-hydrogen) atoms. The second kappa shape index (κ2) is 4.93. The largest absolute Gasteiger partial charge is 0.313 e. The number of ketones is 1. The highest BCUT2D eigenvalue weighted by atomic mass is 32.2. The van der Waals surface area contributed by atoms with E-state index in [2.05, 4.69) is 0 Å². The maximum Gasteiger partial charge on any atom is 0.202 e. The van der Waals surface area contributed by atoms with E-state index in [0.717, 1.165) is 0 Å². The molecule has 114 valence electrons. The normalized spacial score (nSPS) is 18.8. The quantitative estimate of drug-likeness (QED) is 0.691. The van der Waals surface area contributed by atoms with Crippen LogP contribution >= 0.6 is 0 Å². The molecule has 0 radical (unpaired) electrons. The van der Waals surface area contributed by atoms with Crippen LogP contribution < -0.4 is 0 Å². The Balaban J connectivity index is 2.09. The van der Waals surface area contributed by atoms with E-state index in [0.29, 0.717) is 16.9 Å². The molecule has 2 aromatic carbocycles. The third kappa shape index (κ3) is 1.97. The number of rotatable bonds is 1. The molecule has 0 N–H and O–H groups in total. The van der Waals surface area contributed by atoms with E-state index < -0.39 is 20.9 Å². The maximum atomic E-state index is 13.2. The number of sulfone groups is 1. The van der Waals surface area contributed by atoms with Gasteiger partial charge in [-0.1, -0.05) is 42.5 Å². The Morgan fingerprint density at radius 3 is 2.30 bits per heavy atom. The van der Waals surface area contributed by atoms with Gasteiger partial charge < -0.3 is 4.57 Å². The molecular weight excluding hydrogens is 310 g/mol. The topological polar surface area (TPSA) is 56.1 Å². The van der Waals surface area contributed by atoms with Crippen LogP contribution in [-0.2, 0) is 9.84 Å². The summed E-state index contributed by atoms with van der Waals surface area (Å²) in [5, 5.41) is -1.22. The van der Waals surface area contributed by atoms with Gasteiger partial charge in [-0.05, 0) is 29.8 Å². The van der Waals surface area contributed by atoms with Crippen LogP contribution in [0, 0.1) is 0 Å². The molecule has 0 unspecified atom stereocenters. The summed E-state index contributed by atoms with van der Waals surface area (Å²) >= 11 is 0. The summed E-state index contributed by atoms with van der Waals surface area (Å²) in [6, 6.07) is 18.8. The standard InChI is InChI=1S/C18H13NO3S/c20-17-15-10-6-12-19(15)14-9-4-5-11-16(14)23(21,22)18(17)13-7-2-1-3-8-13/h1-12,18H/t18-/m0/s1. The SMILES string of the molecule is O=C1c2cccn2-c2ccccc2S(=O)(=O)[C@H]1c1ccccc1. The zero-order valence-corrected chi connectivity index (χ0v) is 12.9. The lowest BCUT2D eigenvalue weighted by molar-refractivity contribution is 0.0981. The van der Waals surface area contributed by atoms with Crippen LogP contribution in [-0.4, -0.2) is 18.8 Å². The number of para-hydroxylation sites is 1. The number of fused-ring (bicyclic) bond motifs is 3. The number of benzene rings is 2. The first-order valence-electron chi connectivity index (χ1n) is 7.20. The molecular formula is C18H13NO3S. The minimum atomic E-state index is -3.83. The van der Waals surface area contributed by atoms with E-state index in [1.54, 1.807) is 77.5 Å². The fourth-order valence-corrected chi connectivity index (χ4v) is 4.95. The van der Waals surface area contributed by atoms with Crippen molar-refractivity contribution in [2.75, 3.05) is 0 Å². The van der Waals surface area contributed by atoms with Gasteiger partial charge in [-0.3, -0.25) is 4.79 Å². The molecule has 0 saturated heterocycles. The monoisotopic (exact) mass is 323 g/mol. The van der Waals surface area contributed by atoms with Gasteiger partial charge in [0.15, 0.2) is 15.1 Å². The lowest BCUT2D eigenvalue weighted by Crippen LogP contribution is -2.21. The van der Waals surface area contributed by atoms with E-state index in [1.165, 1.54) is 0 Å². The summed E-state index contributed by atoms with van der Waals surface area (Å²) < 4.78 is 28.0. The Hall–Kier alpha value is -2.66. The van der Waals surface area contributed by atoms with Crippen molar-refractivity contribution < 1.29 is 13.2 Å². The van der Waals surface area contributed by atoms with Gasteiger partial charge in [0.25, 0.3) is 0 Å². The van der Waals surface area contributed by atoms with Gasteiger partial charge in [-0.25, -0.2) is 8.42 Å². The molecule has 1 aliphatic rings. The third-order valence-corrected chi connectivity index (χ3v) is 6.15. The predicted octanol–water partition coefficient (Wildman–Crippen LogP) is 3.19. The predicted molar refractivity (Wildman–Crippen MR) is 86.5 cm³/mol. The van der Waals surface area contributed by atoms with Gasteiger partial charge in [-0.2, -0.15) is 0 Å². The highest BCUT2D eigenvalue weighted by Crippen LogP contribution is 2.38. The summed E-state index contributed by atoms with van der Waals surface area (Å²) in [6.07, 6.45) is 1.72. The summed E-state index contributed by atoms with van der Waals surface area (Å²) in [7, 11) is -3.83. The number of aromatic nitrogens is 1. The van der Waals surface area contributed by atoms with Crippen molar-refractivity contribution in [1.29, 1.82) is 0 Å². The van der Waals surface area contributed by atoms with Crippen molar-refractivity contribution >= 4 is 15.6 Å². The minimum Gasteiger partial charge on any atom is -0.313 e. The Kier molecular flexibility index (Phi) is 2.99. The summed E-state index contributed by atoms with van der Waals surface area (Å²) in [4.78, 5) is 13.2. The van der Waals surface area contributed by atoms with Crippen LogP contribution in [0.25, 0.3) is 5.69 Å². The van der Waals surface area contributed by atoms with Gasteiger partial charge >= 0.3 is 0 Å². The highest BCUT2D eigenvalue weighted by molar-refractivity contribution is 7.92. The Morgan fingerprint density at radius 2 is 1.52 bits per heavy atom. The zero-order valence-electron chi connectivity index (χ0n) is 12.1. The fourth-order valence-electron chi connectivity index (χ4n) is 3.05. The number of Topliss-reactive ketones (excluding diaryl/α,β-unsaturated/α-hetero) is 1. The average Bonchev–Trinajstić information content (AvgIpc) is 3.03. The number of carbonyl (C=O) groups is 1. The molecule has 0 spiro atoms. The maximum absolute atomic E-state index is 13.2. The lowest BCUT2D eigenvalue weighted by Gasteiger charge is -2.14. The van der Waals surface area contributed by atoms with E-state index in [9.17, 15) is 13.2 Å². The molecule has 4 nitrogen and oxygen atoms in total. The van der Waals surface area contributed by atoms with E-state index in [4.69, 9.17) is 0 Å². The van der Waals surface area contributed by atoms with Crippen molar-refractivity contribution in [3.63, 3.8) is 0 Å². The van der Waals surface area contributed by atoms with Crippen molar-refractivity contribution in [3.05, 3.63) is 84.2 Å². The molecule has 0 amide bonds. The first-order valence-corrected chi connectivity index (χ1v) is 8.75. The first kappa shape index (κ1) is 14.0. The molecule has 0 aliphatic carbocycles. The highest BCUT2D eigenvalue weighted by Gasteiger charge is 2.41. The molecule has 1 atom stereocenters. The number of hydrogen-bond acceptors (Lipinski definition) is 3. The average molecular weight is 323 g/mol. The number of carbonyl (C=O) groups excluding carboxylic acids is 1. The zero-order chi connectivity index (χ0) is 16.0.